The summed E-state index contributed by atoms with van der Waals surface area (Å²) in [7, 11) is 1.66. The van der Waals surface area contributed by atoms with Crippen molar-refractivity contribution >= 4 is 6.08 Å². The zero-order chi connectivity index (χ0) is 11.8. The van der Waals surface area contributed by atoms with Gasteiger partial charge in [-0.05, 0) is 30.5 Å². The maximum atomic E-state index is 8.11. The van der Waals surface area contributed by atoms with Crippen LogP contribution in [0.3, 0.4) is 0 Å². The van der Waals surface area contributed by atoms with Crippen LogP contribution in [-0.4, -0.2) is 13.7 Å². The van der Waals surface area contributed by atoms with Crippen LogP contribution in [0.25, 0.3) is 16.5 Å². The van der Waals surface area contributed by atoms with E-state index < -0.39 is 0 Å². The highest BCUT2D eigenvalue weighted by Crippen LogP contribution is 2.21. The second-order valence-corrected chi connectivity index (χ2v) is 3.39. The molecule has 0 atom stereocenters. The molecule has 0 radical (unpaired) electrons. The van der Waals surface area contributed by atoms with Crippen molar-refractivity contribution in [2.24, 2.45) is 5.11 Å². The van der Waals surface area contributed by atoms with E-state index in [1.165, 1.54) is 5.56 Å². The third kappa shape index (κ3) is 3.67. The van der Waals surface area contributed by atoms with Crippen LogP contribution in [0.4, 0.5) is 0 Å². The first-order chi connectivity index (χ1) is 7.77. The van der Waals surface area contributed by atoms with Gasteiger partial charge in [0, 0.05) is 17.0 Å². The van der Waals surface area contributed by atoms with E-state index in [1.807, 2.05) is 37.3 Å². The summed E-state index contributed by atoms with van der Waals surface area (Å²) in [5.74, 6) is 0.861. The van der Waals surface area contributed by atoms with Crippen LogP contribution in [0, 0.1) is 6.92 Å². The van der Waals surface area contributed by atoms with Crippen molar-refractivity contribution in [1.29, 1.82) is 0 Å². The number of hydrogen-bond acceptors (Lipinski definition) is 2. The van der Waals surface area contributed by atoms with Crippen molar-refractivity contribution in [1.82, 2.24) is 0 Å². The van der Waals surface area contributed by atoms with Crippen molar-refractivity contribution in [2.75, 3.05) is 13.7 Å². The Labute approximate surface area is 95.2 Å². The van der Waals surface area contributed by atoms with Crippen LogP contribution in [0.15, 0.2) is 29.4 Å². The molecule has 1 aromatic carbocycles. The van der Waals surface area contributed by atoms with E-state index in [0.29, 0.717) is 6.54 Å². The van der Waals surface area contributed by atoms with Crippen molar-refractivity contribution in [3.05, 3.63) is 45.8 Å². The van der Waals surface area contributed by atoms with Gasteiger partial charge in [-0.25, -0.2) is 0 Å². The lowest BCUT2D eigenvalue weighted by Crippen LogP contribution is -1.87. The van der Waals surface area contributed by atoms with E-state index in [0.717, 1.165) is 17.7 Å². The number of aryl methyl sites for hydroxylation is 1. The fourth-order valence-electron chi connectivity index (χ4n) is 1.34. The van der Waals surface area contributed by atoms with Crippen LogP contribution in [0.1, 0.15) is 17.5 Å². The second kappa shape index (κ2) is 6.53. The van der Waals surface area contributed by atoms with Gasteiger partial charge in [0.1, 0.15) is 5.75 Å². The number of rotatable bonds is 5. The topological polar surface area (TPSA) is 58.0 Å². The lowest BCUT2D eigenvalue weighted by Gasteiger charge is -2.05. The Morgan fingerprint density at radius 2 is 2.31 bits per heavy atom. The highest BCUT2D eigenvalue weighted by Gasteiger charge is 1.98. The maximum Gasteiger partial charge on any atom is 0.126 e. The lowest BCUT2D eigenvalue weighted by atomic mass is 10.1. The zero-order valence-corrected chi connectivity index (χ0v) is 9.55. The molecule has 0 aromatic heterocycles. The summed E-state index contributed by atoms with van der Waals surface area (Å²) in [5.41, 5.74) is 10.3. The molecule has 0 unspecified atom stereocenters. The van der Waals surface area contributed by atoms with Crippen LogP contribution < -0.4 is 4.74 Å². The molecule has 0 amide bonds. The van der Waals surface area contributed by atoms with Crippen LogP contribution in [0.5, 0.6) is 5.75 Å². The third-order valence-electron chi connectivity index (χ3n) is 2.15. The van der Waals surface area contributed by atoms with Crippen molar-refractivity contribution in [2.45, 2.75) is 13.3 Å². The number of ether oxygens (including phenoxy) is 1. The molecule has 0 N–H and O–H groups in total. The van der Waals surface area contributed by atoms with E-state index in [1.54, 1.807) is 7.11 Å². The quantitative estimate of drug-likeness (QED) is 0.321. The number of hydrogen-bond donors (Lipinski definition) is 0. The van der Waals surface area contributed by atoms with Gasteiger partial charge in [0.15, 0.2) is 0 Å². The van der Waals surface area contributed by atoms with Gasteiger partial charge in [0.05, 0.1) is 7.11 Å². The summed E-state index contributed by atoms with van der Waals surface area (Å²) < 4.78 is 5.27. The predicted octanol–water partition coefficient (Wildman–Crippen LogP) is 3.72. The molecule has 4 nitrogen and oxygen atoms in total. The minimum atomic E-state index is 0.487. The van der Waals surface area contributed by atoms with Crippen molar-refractivity contribution < 1.29 is 4.74 Å². The Kier molecular flexibility index (Phi) is 4.96. The first-order valence-corrected chi connectivity index (χ1v) is 5.10. The molecule has 0 fully saturated rings. The van der Waals surface area contributed by atoms with Crippen LogP contribution >= 0.6 is 0 Å². The summed E-state index contributed by atoms with van der Waals surface area (Å²) in [6.07, 6.45) is 4.69. The van der Waals surface area contributed by atoms with Crippen LogP contribution in [0.2, 0.25) is 0 Å². The van der Waals surface area contributed by atoms with E-state index in [9.17, 15) is 0 Å². The minimum absolute atomic E-state index is 0.487. The van der Waals surface area contributed by atoms with Crippen molar-refractivity contribution in [3.63, 3.8) is 0 Å². The first kappa shape index (κ1) is 12.1. The maximum absolute atomic E-state index is 8.11. The van der Waals surface area contributed by atoms with E-state index in [2.05, 4.69) is 10.0 Å². The van der Waals surface area contributed by atoms with Gasteiger partial charge >= 0.3 is 0 Å². The Balaban J connectivity index is 2.68. The Morgan fingerprint density at radius 3 is 3.00 bits per heavy atom. The fourth-order valence-corrected chi connectivity index (χ4v) is 1.34. The highest BCUT2D eigenvalue weighted by atomic mass is 16.5. The molecule has 0 saturated heterocycles. The molecule has 0 heterocycles. The molecule has 0 spiro atoms. The zero-order valence-electron chi connectivity index (χ0n) is 9.55. The average molecular weight is 217 g/mol. The minimum Gasteiger partial charge on any atom is -0.496 e. The molecule has 16 heavy (non-hydrogen) atoms. The van der Waals surface area contributed by atoms with Gasteiger partial charge < -0.3 is 4.74 Å². The Morgan fingerprint density at radius 1 is 1.50 bits per heavy atom. The van der Waals surface area contributed by atoms with Crippen molar-refractivity contribution in [3.8, 4) is 5.75 Å². The lowest BCUT2D eigenvalue weighted by molar-refractivity contribution is 0.413. The second-order valence-electron chi connectivity index (χ2n) is 3.39. The number of nitrogens with zero attached hydrogens (tertiary/aromatic N) is 3. The standard InChI is InChI=1S/C12H15N3O/c1-10-6-7-11(12(9-10)16-2)5-3-4-8-14-15-13/h3,5-7,9H,4,8H2,1-2H3. The number of benzene rings is 1. The summed E-state index contributed by atoms with van der Waals surface area (Å²) in [6.45, 7) is 2.51. The number of methoxy groups -OCH3 is 1. The molecule has 0 aliphatic heterocycles. The van der Waals surface area contributed by atoms with Gasteiger partial charge in [-0.1, -0.05) is 29.4 Å². The van der Waals surface area contributed by atoms with Crippen LogP contribution in [-0.2, 0) is 0 Å². The molecule has 1 aromatic rings. The van der Waals surface area contributed by atoms with Gasteiger partial charge in [-0.15, -0.1) is 0 Å². The Bertz CT molecular complexity index is 420. The van der Waals surface area contributed by atoms with Gasteiger partial charge in [-0.3, -0.25) is 0 Å². The average Bonchev–Trinajstić information content (AvgIpc) is 2.30. The number of azide groups is 1. The normalized spacial score (nSPS) is 10.1. The summed E-state index contributed by atoms with van der Waals surface area (Å²) in [5, 5.41) is 3.46. The molecule has 84 valence electrons. The molecule has 0 aliphatic rings. The van der Waals surface area contributed by atoms with E-state index in [-0.39, 0.29) is 0 Å². The molecule has 4 heteroatoms. The largest absolute Gasteiger partial charge is 0.496 e. The molecule has 0 saturated carbocycles. The fraction of sp³-hybridized carbons (Fsp3) is 0.333. The third-order valence-corrected chi connectivity index (χ3v) is 2.15. The molecule has 0 aliphatic carbocycles. The first-order valence-electron chi connectivity index (χ1n) is 5.10. The smallest absolute Gasteiger partial charge is 0.126 e. The van der Waals surface area contributed by atoms with E-state index >= 15 is 0 Å². The summed E-state index contributed by atoms with van der Waals surface area (Å²) in [6, 6.07) is 6.04. The Hall–Kier alpha value is -1.93. The summed E-state index contributed by atoms with van der Waals surface area (Å²) >= 11 is 0. The van der Waals surface area contributed by atoms with E-state index in [4.69, 9.17) is 10.3 Å². The van der Waals surface area contributed by atoms with Gasteiger partial charge in [-0.2, -0.15) is 0 Å². The van der Waals surface area contributed by atoms with Gasteiger partial charge in [0.25, 0.3) is 0 Å². The monoisotopic (exact) mass is 217 g/mol. The molecule has 1 rings (SSSR count). The SMILES string of the molecule is COc1cc(C)ccc1C=CCCN=[N+]=[N-]. The molecular formula is C12H15N3O. The van der Waals surface area contributed by atoms with Gasteiger partial charge in [0.2, 0.25) is 0 Å². The highest BCUT2D eigenvalue weighted by molar-refractivity contribution is 5.58. The molecular weight excluding hydrogens is 202 g/mol. The predicted molar refractivity (Wildman–Crippen MR) is 65.4 cm³/mol. The molecule has 0 bridgehead atoms. The summed E-state index contributed by atoms with van der Waals surface area (Å²) in [4.78, 5) is 2.69.